The van der Waals surface area contributed by atoms with Gasteiger partial charge in [-0.15, -0.1) is 0 Å². The van der Waals surface area contributed by atoms with Crippen LogP contribution in [0.1, 0.15) is 11.1 Å². The first-order valence-corrected chi connectivity index (χ1v) is 7.11. The minimum atomic E-state index is -0.485. The van der Waals surface area contributed by atoms with Gasteiger partial charge in [-0.2, -0.15) is 0 Å². The molecule has 1 aliphatic rings. The molecule has 0 heterocycles. The summed E-state index contributed by atoms with van der Waals surface area (Å²) < 4.78 is 0. The molecule has 4 rings (SSSR count). The van der Waals surface area contributed by atoms with Crippen LogP contribution < -0.4 is 0 Å². The van der Waals surface area contributed by atoms with Crippen molar-refractivity contribution >= 4 is 0 Å². The van der Waals surface area contributed by atoms with Crippen LogP contribution in [0.5, 0.6) is 17.2 Å². The van der Waals surface area contributed by atoms with E-state index in [2.05, 4.69) is 18.2 Å². The molecule has 0 bridgehead atoms. The van der Waals surface area contributed by atoms with Crippen LogP contribution >= 0.6 is 0 Å². The maximum Gasteiger partial charge on any atom is 0.200 e. The second-order valence-corrected chi connectivity index (χ2v) is 5.50. The Morgan fingerprint density at radius 1 is 0.591 bits per heavy atom. The Balaban J connectivity index is 2.01. The third-order valence-electron chi connectivity index (χ3n) is 4.24. The van der Waals surface area contributed by atoms with Crippen molar-refractivity contribution in [2.24, 2.45) is 0 Å². The van der Waals surface area contributed by atoms with Crippen LogP contribution in [0, 0.1) is 0 Å². The minimum absolute atomic E-state index is 0.294. The zero-order valence-electron chi connectivity index (χ0n) is 11.7. The molecule has 3 nitrogen and oxygen atoms in total. The SMILES string of the molecule is Oc1ccc(-c2cccc3c2-c2ccccc2C3)c(O)c1O. The molecule has 0 saturated carbocycles. The summed E-state index contributed by atoms with van der Waals surface area (Å²) in [7, 11) is 0. The first kappa shape index (κ1) is 12.8. The van der Waals surface area contributed by atoms with Gasteiger partial charge in [0.15, 0.2) is 11.5 Å². The fourth-order valence-corrected chi connectivity index (χ4v) is 3.20. The topological polar surface area (TPSA) is 60.7 Å². The largest absolute Gasteiger partial charge is 0.504 e. The number of rotatable bonds is 1. The maximum atomic E-state index is 10.2. The van der Waals surface area contributed by atoms with Gasteiger partial charge >= 0.3 is 0 Å². The summed E-state index contributed by atoms with van der Waals surface area (Å²) in [6, 6.07) is 17.2. The Morgan fingerprint density at radius 2 is 1.32 bits per heavy atom. The highest BCUT2D eigenvalue weighted by molar-refractivity contribution is 5.92. The standard InChI is InChI=1S/C19H14O3/c20-16-9-8-15(18(21)19(16)22)14-7-3-5-12-10-11-4-1-2-6-13(11)17(12)14/h1-9,20-22H,10H2. The van der Waals surface area contributed by atoms with E-state index in [1.807, 2.05) is 24.3 Å². The van der Waals surface area contributed by atoms with Crippen molar-refractivity contribution in [3.63, 3.8) is 0 Å². The molecular weight excluding hydrogens is 276 g/mol. The predicted octanol–water partition coefficient (Wildman–Crippen LogP) is 4.04. The van der Waals surface area contributed by atoms with Gasteiger partial charge in [-0.05, 0) is 46.4 Å². The molecule has 0 radical (unpaired) electrons. The van der Waals surface area contributed by atoms with E-state index in [-0.39, 0.29) is 11.5 Å². The van der Waals surface area contributed by atoms with E-state index >= 15 is 0 Å². The van der Waals surface area contributed by atoms with Crippen LogP contribution in [0.3, 0.4) is 0 Å². The average Bonchev–Trinajstić information content (AvgIpc) is 2.91. The first-order chi connectivity index (χ1) is 10.7. The molecule has 0 spiro atoms. The second-order valence-electron chi connectivity index (χ2n) is 5.50. The van der Waals surface area contributed by atoms with Crippen LogP contribution in [-0.2, 0) is 6.42 Å². The highest BCUT2D eigenvalue weighted by atomic mass is 16.3. The average molecular weight is 290 g/mol. The minimum Gasteiger partial charge on any atom is -0.504 e. The Bertz CT molecular complexity index is 897. The van der Waals surface area contributed by atoms with Gasteiger partial charge in [0.2, 0.25) is 5.75 Å². The van der Waals surface area contributed by atoms with Gasteiger partial charge < -0.3 is 15.3 Å². The smallest absolute Gasteiger partial charge is 0.200 e. The number of fused-ring (bicyclic) bond motifs is 3. The van der Waals surface area contributed by atoms with Gasteiger partial charge in [-0.3, -0.25) is 0 Å². The maximum absolute atomic E-state index is 10.2. The third kappa shape index (κ3) is 1.69. The monoisotopic (exact) mass is 290 g/mol. The number of phenols is 3. The van der Waals surface area contributed by atoms with E-state index in [0.29, 0.717) is 5.56 Å². The molecule has 22 heavy (non-hydrogen) atoms. The zero-order chi connectivity index (χ0) is 15.3. The van der Waals surface area contributed by atoms with Crippen LogP contribution in [-0.4, -0.2) is 15.3 Å². The number of aromatic hydroxyl groups is 3. The molecule has 3 aromatic rings. The normalized spacial score (nSPS) is 12.0. The van der Waals surface area contributed by atoms with Crippen LogP contribution in [0.15, 0.2) is 54.6 Å². The summed E-state index contributed by atoms with van der Waals surface area (Å²) >= 11 is 0. The highest BCUT2D eigenvalue weighted by Crippen LogP contribution is 2.48. The van der Waals surface area contributed by atoms with Gasteiger partial charge in [-0.25, -0.2) is 0 Å². The molecule has 0 aliphatic heterocycles. The number of hydrogen-bond donors (Lipinski definition) is 3. The molecule has 3 N–H and O–H groups in total. The number of hydrogen-bond acceptors (Lipinski definition) is 3. The molecule has 1 aliphatic carbocycles. The summed E-state index contributed by atoms with van der Waals surface area (Å²) in [6.07, 6.45) is 0.865. The molecule has 0 fully saturated rings. The van der Waals surface area contributed by atoms with E-state index in [1.165, 1.54) is 17.2 Å². The summed E-state index contributed by atoms with van der Waals surface area (Å²) in [4.78, 5) is 0. The summed E-state index contributed by atoms with van der Waals surface area (Å²) in [5.74, 6) is -1.10. The zero-order valence-corrected chi connectivity index (χ0v) is 11.7. The van der Waals surface area contributed by atoms with Crippen molar-refractivity contribution in [1.29, 1.82) is 0 Å². The van der Waals surface area contributed by atoms with E-state index in [4.69, 9.17) is 0 Å². The van der Waals surface area contributed by atoms with Gasteiger partial charge in [0.1, 0.15) is 0 Å². The van der Waals surface area contributed by atoms with Gasteiger partial charge in [0.05, 0.1) is 0 Å². The molecule has 0 saturated heterocycles. The lowest BCUT2D eigenvalue weighted by Gasteiger charge is -2.13. The van der Waals surface area contributed by atoms with Crippen LogP contribution in [0.2, 0.25) is 0 Å². The molecule has 108 valence electrons. The van der Waals surface area contributed by atoms with Gasteiger partial charge in [-0.1, -0.05) is 42.5 Å². The van der Waals surface area contributed by atoms with E-state index in [9.17, 15) is 15.3 Å². The van der Waals surface area contributed by atoms with Crippen molar-refractivity contribution in [3.05, 3.63) is 65.7 Å². The summed E-state index contributed by atoms with van der Waals surface area (Å²) in [6.45, 7) is 0. The quantitative estimate of drug-likeness (QED) is 0.464. The Morgan fingerprint density at radius 3 is 2.18 bits per heavy atom. The predicted molar refractivity (Wildman–Crippen MR) is 85.1 cm³/mol. The Labute approximate surface area is 127 Å². The lowest BCUT2D eigenvalue weighted by Crippen LogP contribution is -1.87. The second kappa shape index (κ2) is 4.53. The van der Waals surface area contributed by atoms with E-state index in [1.54, 1.807) is 6.07 Å². The van der Waals surface area contributed by atoms with Crippen molar-refractivity contribution in [2.75, 3.05) is 0 Å². The first-order valence-electron chi connectivity index (χ1n) is 7.11. The molecule has 0 unspecified atom stereocenters. The summed E-state index contributed by atoms with van der Waals surface area (Å²) in [5, 5.41) is 29.5. The van der Waals surface area contributed by atoms with Crippen molar-refractivity contribution < 1.29 is 15.3 Å². The lowest BCUT2D eigenvalue weighted by molar-refractivity contribution is 0.369. The number of phenolic OH excluding ortho intramolecular Hbond substituents is 3. The van der Waals surface area contributed by atoms with E-state index in [0.717, 1.165) is 23.1 Å². The van der Waals surface area contributed by atoms with E-state index < -0.39 is 5.75 Å². The van der Waals surface area contributed by atoms with Crippen LogP contribution in [0.4, 0.5) is 0 Å². The van der Waals surface area contributed by atoms with Crippen molar-refractivity contribution in [2.45, 2.75) is 6.42 Å². The van der Waals surface area contributed by atoms with Crippen molar-refractivity contribution in [3.8, 4) is 39.5 Å². The molecule has 0 atom stereocenters. The fraction of sp³-hybridized carbons (Fsp3) is 0.0526. The molecule has 3 aromatic carbocycles. The molecule has 0 amide bonds. The fourth-order valence-electron chi connectivity index (χ4n) is 3.20. The summed E-state index contributed by atoms with van der Waals surface area (Å²) in [5.41, 5.74) is 6.07. The van der Waals surface area contributed by atoms with Gasteiger partial charge in [0, 0.05) is 5.56 Å². The number of benzene rings is 3. The molecule has 3 heteroatoms. The van der Waals surface area contributed by atoms with Crippen LogP contribution in [0.25, 0.3) is 22.3 Å². The Hall–Kier alpha value is -2.94. The Kier molecular flexibility index (Phi) is 2.63. The molecule has 0 aromatic heterocycles. The highest BCUT2D eigenvalue weighted by Gasteiger charge is 2.23. The van der Waals surface area contributed by atoms with Gasteiger partial charge in [0.25, 0.3) is 0 Å². The van der Waals surface area contributed by atoms with Crippen molar-refractivity contribution in [1.82, 2.24) is 0 Å². The lowest BCUT2D eigenvalue weighted by atomic mass is 9.93. The third-order valence-corrected chi connectivity index (χ3v) is 4.24. The molecular formula is C19H14O3.